The van der Waals surface area contributed by atoms with E-state index < -0.39 is 5.54 Å². The number of carbonyl (C=O) groups excluding carboxylic acids is 2. The van der Waals surface area contributed by atoms with E-state index in [1.165, 1.54) is 4.88 Å². The molecule has 1 aliphatic heterocycles. The van der Waals surface area contributed by atoms with Crippen molar-refractivity contribution in [1.29, 1.82) is 0 Å². The van der Waals surface area contributed by atoms with E-state index in [1.807, 2.05) is 37.3 Å². The van der Waals surface area contributed by atoms with Gasteiger partial charge in [-0.1, -0.05) is 37.6 Å². The number of nitrogens with zero attached hydrogens (tertiary/aromatic N) is 2. The average Bonchev–Trinajstić information content (AvgIpc) is 3.38. The van der Waals surface area contributed by atoms with E-state index >= 15 is 0 Å². The van der Waals surface area contributed by atoms with Crippen molar-refractivity contribution < 1.29 is 9.59 Å². The van der Waals surface area contributed by atoms with Crippen molar-refractivity contribution in [3.8, 4) is 0 Å². The van der Waals surface area contributed by atoms with E-state index in [4.69, 9.17) is 11.6 Å². The molecule has 2 amide bonds. The van der Waals surface area contributed by atoms with Gasteiger partial charge in [0.1, 0.15) is 11.2 Å². The van der Waals surface area contributed by atoms with E-state index in [0.717, 1.165) is 47.9 Å². The molecule has 0 saturated heterocycles. The summed E-state index contributed by atoms with van der Waals surface area (Å²) < 4.78 is 3.17. The molecule has 3 heterocycles. The molecule has 1 N–H and O–H groups in total. The quantitative estimate of drug-likeness (QED) is 0.468. The Morgan fingerprint density at radius 3 is 2.56 bits per heavy atom. The third kappa shape index (κ3) is 4.16. The lowest BCUT2D eigenvalue weighted by molar-refractivity contribution is -0.134. The molecule has 5 rings (SSSR count). The van der Waals surface area contributed by atoms with Crippen LogP contribution in [-0.2, 0) is 24.3 Å². The molecule has 0 unspecified atom stereocenters. The number of carbonyl (C=O) groups is 2. The van der Waals surface area contributed by atoms with Crippen molar-refractivity contribution >= 4 is 45.0 Å². The minimum Gasteiger partial charge on any atom is -0.351 e. The predicted molar refractivity (Wildman–Crippen MR) is 138 cm³/mol. The molecule has 2 aromatic heterocycles. The van der Waals surface area contributed by atoms with E-state index in [2.05, 4.69) is 29.8 Å². The Kier molecular flexibility index (Phi) is 6.23. The third-order valence-electron chi connectivity index (χ3n) is 7.61. The van der Waals surface area contributed by atoms with Crippen LogP contribution in [0.25, 0.3) is 10.2 Å². The first-order valence-corrected chi connectivity index (χ1v) is 13.5. The maximum Gasteiger partial charge on any atom is 0.271 e. The number of halogens is 1. The molecule has 1 saturated carbocycles. The molecule has 3 aromatic rings. The van der Waals surface area contributed by atoms with Crippen LogP contribution in [-0.4, -0.2) is 32.9 Å². The van der Waals surface area contributed by atoms with Gasteiger partial charge in [-0.25, -0.2) is 0 Å². The first-order chi connectivity index (χ1) is 16.3. The van der Waals surface area contributed by atoms with Gasteiger partial charge in [0, 0.05) is 22.5 Å². The smallest absolute Gasteiger partial charge is 0.271 e. The Morgan fingerprint density at radius 1 is 1.18 bits per heavy atom. The minimum atomic E-state index is -0.993. The van der Waals surface area contributed by atoms with Crippen LogP contribution in [0.4, 0.5) is 0 Å². The molecule has 5 nitrogen and oxygen atoms in total. The standard InChI is InChI=1S/C27H32ClN3O2S/c1-4-21-13-22-24(34-21)14-23-25(32)31(15-18-7-9-19(28)10-8-18)27(3,16-30(22)23)26(33)29-20-11-5-17(2)6-12-20/h7-10,13-14,17,20H,4-6,11-12,15-16H2,1-3H3,(H,29,33)/t17?,20?,27-/m0/s1. The van der Waals surface area contributed by atoms with Crippen molar-refractivity contribution in [2.24, 2.45) is 5.92 Å². The summed E-state index contributed by atoms with van der Waals surface area (Å²) in [6.07, 6.45) is 5.22. The van der Waals surface area contributed by atoms with Gasteiger partial charge in [-0.15, -0.1) is 11.3 Å². The summed E-state index contributed by atoms with van der Waals surface area (Å²) >= 11 is 7.82. The summed E-state index contributed by atoms with van der Waals surface area (Å²) in [4.78, 5) is 30.8. The predicted octanol–water partition coefficient (Wildman–Crippen LogP) is 6.03. The zero-order chi connectivity index (χ0) is 24.0. The van der Waals surface area contributed by atoms with Gasteiger partial charge in [0.15, 0.2) is 0 Å². The first kappa shape index (κ1) is 23.4. The number of thiophene rings is 1. The van der Waals surface area contributed by atoms with Crippen molar-refractivity contribution in [3.05, 3.63) is 57.6 Å². The summed E-state index contributed by atoms with van der Waals surface area (Å²) in [6.45, 7) is 7.14. The summed E-state index contributed by atoms with van der Waals surface area (Å²) in [5.74, 6) is 0.550. The summed E-state index contributed by atoms with van der Waals surface area (Å²) in [5, 5.41) is 3.97. The molecule has 180 valence electrons. The van der Waals surface area contributed by atoms with E-state index in [9.17, 15) is 9.59 Å². The minimum absolute atomic E-state index is 0.0622. The van der Waals surface area contributed by atoms with Crippen molar-refractivity contribution in [2.45, 2.75) is 77.5 Å². The topological polar surface area (TPSA) is 54.3 Å². The van der Waals surface area contributed by atoms with Crippen LogP contribution in [0, 0.1) is 5.92 Å². The molecule has 34 heavy (non-hydrogen) atoms. The number of hydrogen-bond donors (Lipinski definition) is 1. The second-order valence-corrected chi connectivity index (χ2v) is 11.8. The van der Waals surface area contributed by atoms with Crippen LogP contribution in [0.5, 0.6) is 0 Å². The Bertz CT molecular complexity index is 1220. The van der Waals surface area contributed by atoms with Crippen LogP contribution in [0.1, 0.15) is 67.4 Å². The van der Waals surface area contributed by atoms with Gasteiger partial charge in [-0.05, 0) is 74.8 Å². The zero-order valence-electron chi connectivity index (χ0n) is 20.1. The highest BCUT2D eigenvalue weighted by Gasteiger charge is 2.48. The first-order valence-electron chi connectivity index (χ1n) is 12.3. The Balaban J connectivity index is 1.51. The van der Waals surface area contributed by atoms with Gasteiger partial charge in [-0.2, -0.15) is 0 Å². The molecule has 2 aliphatic rings. The number of nitrogens with one attached hydrogen (secondary N) is 1. The molecule has 0 spiro atoms. The number of benzene rings is 1. The largest absolute Gasteiger partial charge is 0.351 e. The highest BCUT2D eigenvalue weighted by Crippen LogP contribution is 2.37. The fraction of sp³-hybridized carbons (Fsp3) is 0.481. The van der Waals surface area contributed by atoms with Crippen molar-refractivity contribution in [1.82, 2.24) is 14.8 Å². The Hall–Kier alpha value is -2.31. The fourth-order valence-corrected chi connectivity index (χ4v) is 6.50. The molecule has 1 aromatic carbocycles. The van der Waals surface area contributed by atoms with Crippen LogP contribution in [0.2, 0.25) is 5.02 Å². The third-order valence-corrected chi connectivity index (χ3v) is 9.08. The van der Waals surface area contributed by atoms with Gasteiger partial charge >= 0.3 is 0 Å². The highest BCUT2D eigenvalue weighted by atomic mass is 35.5. The number of amides is 2. The number of hydrogen-bond acceptors (Lipinski definition) is 3. The van der Waals surface area contributed by atoms with Crippen LogP contribution in [0.15, 0.2) is 36.4 Å². The number of rotatable bonds is 5. The Morgan fingerprint density at radius 2 is 1.88 bits per heavy atom. The normalized spacial score (nSPS) is 24.9. The lowest BCUT2D eigenvalue weighted by atomic mass is 9.86. The van der Waals surface area contributed by atoms with Gasteiger partial charge in [0.25, 0.3) is 5.91 Å². The highest BCUT2D eigenvalue weighted by molar-refractivity contribution is 7.19. The van der Waals surface area contributed by atoms with Crippen LogP contribution >= 0.6 is 22.9 Å². The van der Waals surface area contributed by atoms with E-state index in [1.54, 1.807) is 16.2 Å². The average molecular weight is 498 g/mol. The second-order valence-electron chi connectivity index (χ2n) is 10.2. The molecular formula is C27H32ClN3O2S. The van der Waals surface area contributed by atoms with E-state index in [-0.39, 0.29) is 17.9 Å². The van der Waals surface area contributed by atoms with E-state index in [0.29, 0.717) is 29.7 Å². The zero-order valence-corrected chi connectivity index (χ0v) is 21.6. The summed E-state index contributed by atoms with van der Waals surface area (Å²) in [6, 6.07) is 11.9. The molecule has 1 atom stereocenters. The lowest BCUT2D eigenvalue weighted by Crippen LogP contribution is -2.64. The van der Waals surface area contributed by atoms with Gasteiger partial charge in [0.2, 0.25) is 5.91 Å². The molecule has 0 bridgehead atoms. The van der Waals surface area contributed by atoms with Crippen molar-refractivity contribution in [3.63, 3.8) is 0 Å². The van der Waals surface area contributed by atoms with Gasteiger partial charge in [-0.3, -0.25) is 9.59 Å². The molecule has 1 aliphatic carbocycles. The molecule has 1 fully saturated rings. The summed E-state index contributed by atoms with van der Waals surface area (Å²) in [7, 11) is 0. The number of fused-ring (bicyclic) bond motifs is 3. The maximum absolute atomic E-state index is 13.9. The Labute approximate surface area is 210 Å². The maximum atomic E-state index is 13.9. The van der Waals surface area contributed by atoms with Gasteiger partial charge < -0.3 is 14.8 Å². The van der Waals surface area contributed by atoms with Crippen molar-refractivity contribution in [2.75, 3.05) is 0 Å². The molecule has 0 radical (unpaired) electrons. The second kappa shape index (κ2) is 9.04. The molecular weight excluding hydrogens is 466 g/mol. The lowest BCUT2D eigenvalue weighted by Gasteiger charge is -2.45. The molecule has 7 heteroatoms. The van der Waals surface area contributed by atoms with Crippen LogP contribution < -0.4 is 5.32 Å². The summed E-state index contributed by atoms with van der Waals surface area (Å²) in [5.41, 5.74) is 1.68. The fourth-order valence-electron chi connectivity index (χ4n) is 5.33. The van der Waals surface area contributed by atoms with Gasteiger partial charge in [0.05, 0.1) is 16.8 Å². The SMILES string of the molecule is CCc1cc2c(cc3n2C[C@@](C)(C(=O)NC2CCC(C)CC2)N(Cc2ccc(Cl)cc2)C3=O)s1. The van der Waals surface area contributed by atoms with Crippen LogP contribution in [0.3, 0.4) is 0 Å². The monoisotopic (exact) mass is 497 g/mol. The number of aromatic nitrogens is 1. The number of aryl methyl sites for hydroxylation is 1.